The van der Waals surface area contributed by atoms with Crippen LogP contribution < -0.4 is 25.0 Å². The van der Waals surface area contributed by atoms with Gasteiger partial charge in [-0.05, 0) is 26.0 Å². The van der Waals surface area contributed by atoms with Gasteiger partial charge >= 0.3 is 0 Å². The van der Waals surface area contributed by atoms with Crippen LogP contribution in [0.15, 0.2) is 47.4 Å². The minimum atomic E-state index is -0.724. The zero-order valence-corrected chi connectivity index (χ0v) is 18.9. The molecule has 3 heterocycles. The molecule has 1 amide bonds. The molecule has 0 saturated carbocycles. The number of ether oxygens (including phenoxy) is 3. The second kappa shape index (κ2) is 9.18. The predicted molar refractivity (Wildman–Crippen MR) is 124 cm³/mol. The predicted octanol–water partition coefficient (Wildman–Crippen LogP) is 4.14. The van der Waals surface area contributed by atoms with Crippen molar-refractivity contribution in [2.24, 2.45) is 0 Å². The van der Waals surface area contributed by atoms with Gasteiger partial charge in [0.05, 0.1) is 19.7 Å². The van der Waals surface area contributed by atoms with Gasteiger partial charge in [-0.3, -0.25) is 14.6 Å². The summed E-state index contributed by atoms with van der Waals surface area (Å²) in [6.45, 7) is 3.34. The van der Waals surface area contributed by atoms with Gasteiger partial charge in [-0.2, -0.15) is 0 Å². The first kappa shape index (κ1) is 22.7. The molecule has 2 N–H and O–H groups in total. The Morgan fingerprint density at radius 1 is 1.03 bits per heavy atom. The van der Waals surface area contributed by atoms with Crippen LogP contribution in [-0.4, -0.2) is 35.1 Å². The number of anilines is 1. The van der Waals surface area contributed by atoms with Crippen LogP contribution >= 0.6 is 0 Å². The Hall–Kier alpha value is -4.47. The average molecular weight is 464 g/mol. The highest BCUT2D eigenvalue weighted by molar-refractivity contribution is 6.04. The van der Waals surface area contributed by atoms with E-state index in [9.17, 15) is 14.0 Å². The number of amides is 1. The lowest BCUT2D eigenvalue weighted by atomic mass is 10.1. The fourth-order valence-corrected chi connectivity index (χ4v) is 3.49. The van der Waals surface area contributed by atoms with Gasteiger partial charge in [0.15, 0.2) is 28.5 Å². The topological polar surface area (TPSA) is 115 Å². The second-order valence-corrected chi connectivity index (χ2v) is 7.39. The SMILES string of the molecule is COc1cc2nccc(Oc3ccc(NC(=O)c4c(C)[nH]c(C)cc4=O)cc3F)c2nc1OC. The van der Waals surface area contributed by atoms with Crippen molar-refractivity contribution >= 4 is 22.6 Å². The molecule has 0 aliphatic rings. The molecule has 34 heavy (non-hydrogen) atoms. The zero-order chi connectivity index (χ0) is 24.4. The van der Waals surface area contributed by atoms with E-state index in [0.29, 0.717) is 28.2 Å². The number of fused-ring (bicyclic) bond motifs is 1. The van der Waals surface area contributed by atoms with Crippen molar-refractivity contribution in [2.45, 2.75) is 13.8 Å². The average Bonchev–Trinajstić information content (AvgIpc) is 2.79. The Bertz CT molecular complexity index is 1470. The number of aromatic nitrogens is 3. The molecule has 4 aromatic rings. The minimum Gasteiger partial charge on any atom is -0.491 e. The molecular formula is C24H21FN4O5. The highest BCUT2D eigenvalue weighted by atomic mass is 19.1. The molecule has 0 aliphatic heterocycles. The molecule has 0 aliphatic carbocycles. The lowest BCUT2D eigenvalue weighted by Crippen LogP contribution is -2.23. The molecule has 0 fully saturated rings. The van der Waals surface area contributed by atoms with E-state index < -0.39 is 17.2 Å². The normalized spacial score (nSPS) is 10.7. The molecule has 0 radical (unpaired) electrons. The number of carbonyl (C=O) groups is 1. The molecule has 0 unspecified atom stereocenters. The molecule has 10 heteroatoms. The highest BCUT2D eigenvalue weighted by Gasteiger charge is 2.17. The van der Waals surface area contributed by atoms with Crippen molar-refractivity contribution in [3.63, 3.8) is 0 Å². The summed E-state index contributed by atoms with van der Waals surface area (Å²) in [6.07, 6.45) is 1.50. The molecule has 0 bridgehead atoms. The van der Waals surface area contributed by atoms with Crippen LogP contribution in [0, 0.1) is 19.7 Å². The van der Waals surface area contributed by atoms with Crippen LogP contribution in [-0.2, 0) is 0 Å². The van der Waals surface area contributed by atoms with Crippen molar-refractivity contribution in [3.05, 3.63) is 75.6 Å². The number of aryl methyl sites for hydroxylation is 2. The van der Waals surface area contributed by atoms with Crippen LogP contribution in [0.2, 0.25) is 0 Å². The van der Waals surface area contributed by atoms with E-state index in [4.69, 9.17) is 14.2 Å². The number of hydrogen-bond acceptors (Lipinski definition) is 7. The van der Waals surface area contributed by atoms with Crippen molar-refractivity contribution in [3.8, 4) is 23.1 Å². The van der Waals surface area contributed by atoms with E-state index in [0.717, 1.165) is 6.07 Å². The number of nitrogens with one attached hydrogen (secondary N) is 2. The number of carbonyl (C=O) groups excluding carboxylic acids is 1. The van der Waals surface area contributed by atoms with Gasteiger partial charge in [-0.25, -0.2) is 9.37 Å². The Kier molecular flexibility index (Phi) is 6.13. The number of aromatic amines is 1. The molecule has 174 valence electrons. The Labute approximate surface area is 193 Å². The largest absolute Gasteiger partial charge is 0.491 e. The van der Waals surface area contributed by atoms with Crippen LogP contribution in [0.1, 0.15) is 21.7 Å². The van der Waals surface area contributed by atoms with Gasteiger partial charge in [0.25, 0.3) is 11.8 Å². The summed E-state index contributed by atoms with van der Waals surface area (Å²) < 4.78 is 31.1. The standard InChI is InChI=1S/C24H21FN4O5/c1-12-9-17(30)21(13(2)27-12)23(31)28-14-5-6-18(15(25)10-14)34-19-7-8-26-16-11-20(32-3)24(33-4)29-22(16)19/h5-11H,1-4H3,(H,27,30)(H,28,31). The smallest absolute Gasteiger partial charge is 0.261 e. The first-order chi connectivity index (χ1) is 16.3. The fourth-order valence-electron chi connectivity index (χ4n) is 3.49. The van der Waals surface area contributed by atoms with E-state index in [1.54, 1.807) is 26.0 Å². The van der Waals surface area contributed by atoms with E-state index in [1.165, 1.54) is 38.6 Å². The Balaban J connectivity index is 1.61. The lowest BCUT2D eigenvalue weighted by molar-refractivity contribution is 0.102. The number of H-pyrrole nitrogens is 1. The first-order valence-electron chi connectivity index (χ1n) is 10.2. The van der Waals surface area contributed by atoms with Crippen LogP contribution in [0.3, 0.4) is 0 Å². The van der Waals surface area contributed by atoms with Crippen molar-refractivity contribution in [1.82, 2.24) is 15.0 Å². The molecule has 0 saturated heterocycles. The third-order valence-electron chi connectivity index (χ3n) is 5.01. The monoisotopic (exact) mass is 464 g/mol. The summed E-state index contributed by atoms with van der Waals surface area (Å²) in [5, 5.41) is 2.54. The van der Waals surface area contributed by atoms with E-state index in [1.807, 2.05) is 0 Å². The molecule has 0 atom stereocenters. The van der Waals surface area contributed by atoms with E-state index >= 15 is 0 Å². The number of pyridine rings is 3. The van der Waals surface area contributed by atoms with Crippen LogP contribution in [0.4, 0.5) is 10.1 Å². The Morgan fingerprint density at radius 2 is 1.82 bits per heavy atom. The van der Waals surface area contributed by atoms with Gasteiger partial charge in [0.2, 0.25) is 0 Å². The molecule has 4 rings (SSSR count). The number of methoxy groups -OCH3 is 2. The molecule has 0 spiro atoms. The number of rotatable bonds is 6. The van der Waals surface area contributed by atoms with Crippen LogP contribution in [0.25, 0.3) is 11.0 Å². The number of halogens is 1. The quantitative estimate of drug-likeness (QED) is 0.441. The van der Waals surface area contributed by atoms with Crippen molar-refractivity contribution in [2.75, 3.05) is 19.5 Å². The number of hydrogen-bond donors (Lipinski definition) is 2. The molecule has 1 aromatic carbocycles. The maximum atomic E-state index is 14.8. The second-order valence-electron chi connectivity index (χ2n) is 7.39. The van der Waals surface area contributed by atoms with Gasteiger partial charge in [-0.15, -0.1) is 0 Å². The van der Waals surface area contributed by atoms with E-state index in [-0.39, 0.29) is 28.6 Å². The van der Waals surface area contributed by atoms with E-state index in [2.05, 4.69) is 20.3 Å². The van der Waals surface area contributed by atoms with Crippen molar-refractivity contribution < 1.29 is 23.4 Å². The summed E-state index contributed by atoms with van der Waals surface area (Å²) in [5.41, 5.74) is 1.59. The van der Waals surface area contributed by atoms with Gasteiger partial charge in [-0.1, -0.05) is 0 Å². The van der Waals surface area contributed by atoms with Crippen molar-refractivity contribution in [1.29, 1.82) is 0 Å². The summed E-state index contributed by atoms with van der Waals surface area (Å²) in [6, 6.07) is 8.45. The van der Waals surface area contributed by atoms with Gasteiger partial charge < -0.3 is 24.5 Å². The molecule has 3 aromatic heterocycles. The third-order valence-corrected chi connectivity index (χ3v) is 5.01. The summed E-state index contributed by atoms with van der Waals surface area (Å²) >= 11 is 0. The summed E-state index contributed by atoms with van der Waals surface area (Å²) in [5.74, 6) is -0.578. The minimum absolute atomic E-state index is 0.0370. The number of nitrogens with zero attached hydrogens (tertiary/aromatic N) is 2. The molecule has 9 nitrogen and oxygen atoms in total. The summed E-state index contributed by atoms with van der Waals surface area (Å²) in [4.78, 5) is 36.3. The lowest BCUT2D eigenvalue weighted by Gasteiger charge is -2.12. The van der Waals surface area contributed by atoms with Crippen LogP contribution in [0.5, 0.6) is 23.1 Å². The molecular weight excluding hydrogens is 443 g/mol. The maximum absolute atomic E-state index is 14.8. The summed E-state index contributed by atoms with van der Waals surface area (Å²) in [7, 11) is 2.93. The van der Waals surface area contributed by atoms with Gasteiger partial charge in [0.1, 0.15) is 11.1 Å². The highest BCUT2D eigenvalue weighted by Crippen LogP contribution is 2.35. The number of benzene rings is 1. The zero-order valence-electron chi connectivity index (χ0n) is 18.9. The first-order valence-corrected chi connectivity index (χ1v) is 10.2. The Morgan fingerprint density at radius 3 is 2.50 bits per heavy atom. The maximum Gasteiger partial charge on any atom is 0.261 e. The fraction of sp³-hybridized carbons (Fsp3) is 0.167. The third kappa shape index (κ3) is 4.38. The van der Waals surface area contributed by atoms with Gasteiger partial charge in [0, 0.05) is 47.5 Å².